The van der Waals surface area contributed by atoms with Gasteiger partial charge in [0.25, 0.3) is 0 Å². The van der Waals surface area contributed by atoms with Crippen molar-refractivity contribution < 1.29 is 14.6 Å². The number of carbonyl (C=O) groups excluding carboxylic acids is 1. The van der Waals surface area contributed by atoms with Crippen molar-refractivity contribution in [2.45, 2.75) is 39.7 Å². The minimum atomic E-state index is -0.579. The molecule has 0 saturated heterocycles. The van der Waals surface area contributed by atoms with Gasteiger partial charge in [-0.1, -0.05) is 31.2 Å². The standard InChI is InChI=1S/C24H27N3O3/c1-5-19-20(15-9-11-18(28)12-10-15)14-26-22(25)21(19)16-7-6-8-17(13-16)27-23(29)30-24(2,3)4/h6-14,28H,5H2,1-4H3,(H2,25,26)(H,27,29). The zero-order chi connectivity index (χ0) is 21.9. The highest BCUT2D eigenvalue weighted by atomic mass is 16.6. The molecule has 0 radical (unpaired) electrons. The number of anilines is 2. The highest BCUT2D eigenvalue weighted by Crippen LogP contribution is 2.37. The van der Waals surface area contributed by atoms with Gasteiger partial charge in [-0.2, -0.15) is 0 Å². The third-order valence-electron chi connectivity index (χ3n) is 4.54. The first-order valence-corrected chi connectivity index (χ1v) is 9.85. The van der Waals surface area contributed by atoms with Crippen LogP contribution in [0.4, 0.5) is 16.3 Å². The molecular weight excluding hydrogens is 378 g/mol. The molecule has 156 valence electrons. The summed E-state index contributed by atoms with van der Waals surface area (Å²) >= 11 is 0. The molecule has 30 heavy (non-hydrogen) atoms. The smallest absolute Gasteiger partial charge is 0.412 e. The lowest BCUT2D eigenvalue weighted by atomic mass is 9.92. The number of aromatic nitrogens is 1. The van der Waals surface area contributed by atoms with Gasteiger partial charge >= 0.3 is 6.09 Å². The third-order valence-corrected chi connectivity index (χ3v) is 4.54. The van der Waals surface area contributed by atoms with E-state index in [0.29, 0.717) is 11.5 Å². The van der Waals surface area contributed by atoms with E-state index in [1.165, 1.54) is 0 Å². The maximum absolute atomic E-state index is 12.1. The Hall–Kier alpha value is -3.54. The number of amides is 1. The van der Waals surface area contributed by atoms with Crippen LogP contribution in [0, 0.1) is 0 Å². The first-order chi connectivity index (χ1) is 14.2. The molecule has 0 saturated carbocycles. The number of phenolic OH excluding ortho intramolecular Hbond substituents is 1. The fourth-order valence-electron chi connectivity index (χ4n) is 3.32. The number of nitrogen functional groups attached to an aromatic ring is 1. The predicted molar refractivity (Wildman–Crippen MR) is 120 cm³/mol. The maximum Gasteiger partial charge on any atom is 0.412 e. The number of nitrogens with two attached hydrogens (primary N) is 1. The number of aromatic hydroxyl groups is 1. The molecule has 3 aromatic rings. The summed E-state index contributed by atoms with van der Waals surface area (Å²) in [5.41, 5.74) is 10.9. The Kier molecular flexibility index (Phi) is 5.96. The summed E-state index contributed by atoms with van der Waals surface area (Å²) in [4.78, 5) is 16.5. The number of nitrogens with one attached hydrogen (secondary N) is 1. The topological polar surface area (TPSA) is 97.5 Å². The second-order valence-electron chi connectivity index (χ2n) is 8.02. The van der Waals surface area contributed by atoms with Crippen LogP contribution in [0.2, 0.25) is 0 Å². The third kappa shape index (κ3) is 4.89. The molecule has 3 rings (SSSR count). The summed E-state index contributed by atoms with van der Waals surface area (Å²) in [5.74, 6) is 0.630. The molecule has 0 bridgehead atoms. The van der Waals surface area contributed by atoms with Crippen molar-refractivity contribution >= 4 is 17.6 Å². The molecule has 1 heterocycles. The molecule has 0 fully saturated rings. The lowest BCUT2D eigenvalue weighted by molar-refractivity contribution is 0.0636. The maximum atomic E-state index is 12.1. The van der Waals surface area contributed by atoms with Crippen LogP contribution in [-0.2, 0) is 11.2 Å². The highest BCUT2D eigenvalue weighted by molar-refractivity contribution is 5.89. The number of hydrogen-bond donors (Lipinski definition) is 3. The van der Waals surface area contributed by atoms with Gasteiger partial charge < -0.3 is 15.6 Å². The summed E-state index contributed by atoms with van der Waals surface area (Å²) in [6, 6.07) is 14.5. The Labute approximate surface area is 176 Å². The van der Waals surface area contributed by atoms with Crippen LogP contribution in [0.5, 0.6) is 5.75 Å². The number of carbonyl (C=O) groups is 1. The first-order valence-electron chi connectivity index (χ1n) is 9.85. The molecule has 0 aliphatic carbocycles. The molecule has 0 atom stereocenters. The van der Waals surface area contributed by atoms with Crippen LogP contribution in [0.1, 0.15) is 33.3 Å². The Morgan fingerprint density at radius 1 is 1.13 bits per heavy atom. The van der Waals surface area contributed by atoms with E-state index >= 15 is 0 Å². The van der Waals surface area contributed by atoms with Crippen molar-refractivity contribution in [3.05, 3.63) is 60.3 Å². The van der Waals surface area contributed by atoms with Gasteiger partial charge in [0.1, 0.15) is 17.2 Å². The van der Waals surface area contributed by atoms with Crippen LogP contribution >= 0.6 is 0 Å². The number of hydrogen-bond acceptors (Lipinski definition) is 5. The molecule has 0 unspecified atom stereocenters. The molecule has 0 spiro atoms. The van der Waals surface area contributed by atoms with Crippen molar-refractivity contribution in [3.8, 4) is 28.0 Å². The highest BCUT2D eigenvalue weighted by Gasteiger charge is 2.18. The van der Waals surface area contributed by atoms with Crippen molar-refractivity contribution in [3.63, 3.8) is 0 Å². The van der Waals surface area contributed by atoms with Gasteiger partial charge in [0.05, 0.1) is 0 Å². The number of phenols is 1. The van der Waals surface area contributed by atoms with Crippen LogP contribution < -0.4 is 11.1 Å². The number of benzene rings is 2. The molecule has 6 heteroatoms. The van der Waals surface area contributed by atoms with E-state index in [1.807, 2.05) is 51.1 Å². The number of nitrogens with zero attached hydrogens (tertiary/aromatic N) is 1. The predicted octanol–water partition coefficient (Wildman–Crippen LogP) is 5.61. The molecule has 1 aromatic heterocycles. The molecule has 1 amide bonds. The Morgan fingerprint density at radius 2 is 1.83 bits per heavy atom. The van der Waals surface area contributed by atoms with Gasteiger partial charge in [-0.3, -0.25) is 5.32 Å². The lowest BCUT2D eigenvalue weighted by Gasteiger charge is -2.20. The van der Waals surface area contributed by atoms with Crippen molar-refractivity contribution in [1.82, 2.24) is 4.98 Å². The fraction of sp³-hybridized carbons (Fsp3) is 0.250. The average Bonchev–Trinajstić information content (AvgIpc) is 2.67. The molecule has 0 aliphatic rings. The summed E-state index contributed by atoms with van der Waals surface area (Å²) in [5, 5.41) is 12.4. The minimum Gasteiger partial charge on any atom is -0.508 e. The molecular formula is C24H27N3O3. The van der Waals surface area contributed by atoms with Crippen molar-refractivity contribution in [2.75, 3.05) is 11.1 Å². The minimum absolute atomic E-state index is 0.210. The van der Waals surface area contributed by atoms with Crippen molar-refractivity contribution in [2.24, 2.45) is 0 Å². The van der Waals surface area contributed by atoms with E-state index in [1.54, 1.807) is 24.4 Å². The zero-order valence-corrected chi connectivity index (χ0v) is 17.7. The van der Waals surface area contributed by atoms with E-state index in [-0.39, 0.29) is 5.75 Å². The largest absolute Gasteiger partial charge is 0.508 e. The summed E-state index contributed by atoms with van der Waals surface area (Å²) in [6.45, 7) is 7.51. The van der Waals surface area contributed by atoms with Gasteiger partial charge in [0.2, 0.25) is 0 Å². The van der Waals surface area contributed by atoms with Crippen molar-refractivity contribution in [1.29, 1.82) is 0 Å². The fourth-order valence-corrected chi connectivity index (χ4v) is 3.32. The van der Waals surface area contributed by atoms with E-state index in [4.69, 9.17) is 10.5 Å². The van der Waals surface area contributed by atoms with E-state index in [9.17, 15) is 9.90 Å². The van der Waals surface area contributed by atoms with E-state index < -0.39 is 11.7 Å². The Morgan fingerprint density at radius 3 is 2.47 bits per heavy atom. The average molecular weight is 405 g/mol. The quantitative estimate of drug-likeness (QED) is 0.524. The SMILES string of the molecule is CCc1c(-c2ccc(O)cc2)cnc(N)c1-c1cccc(NC(=O)OC(C)(C)C)c1. The van der Waals surface area contributed by atoms with Crippen LogP contribution in [0.15, 0.2) is 54.7 Å². The second-order valence-corrected chi connectivity index (χ2v) is 8.02. The number of rotatable bonds is 4. The van der Waals surface area contributed by atoms with E-state index in [0.717, 1.165) is 34.2 Å². The van der Waals surface area contributed by atoms with Gasteiger partial charge in [-0.05, 0) is 68.1 Å². The van der Waals surface area contributed by atoms with Crippen LogP contribution in [0.3, 0.4) is 0 Å². The Balaban J connectivity index is 2.02. The zero-order valence-electron chi connectivity index (χ0n) is 17.7. The van der Waals surface area contributed by atoms with Gasteiger partial charge in [-0.15, -0.1) is 0 Å². The molecule has 4 N–H and O–H groups in total. The first kappa shape index (κ1) is 21.2. The van der Waals surface area contributed by atoms with E-state index in [2.05, 4.69) is 17.2 Å². The summed E-state index contributed by atoms with van der Waals surface area (Å²) in [6.07, 6.45) is 1.98. The number of pyridine rings is 1. The van der Waals surface area contributed by atoms with Gasteiger partial charge in [-0.25, -0.2) is 9.78 Å². The van der Waals surface area contributed by atoms with Gasteiger partial charge in [0.15, 0.2) is 0 Å². The van der Waals surface area contributed by atoms with Crippen LogP contribution in [-0.4, -0.2) is 21.8 Å². The molecule has 0 aliphatic heterocycles. The lowest BCUT2D eigenvalue weighted by Crippen LogP contribution is -2.27. The molecule has 6 nitrogen and oxygen atoms in total. The van der Waals surface area contributed by atoms with Crippen LogP contribution in [0.25, 0.3) is 22.3 Å². The second kappa shape index (κ2) is 8.45. The summed E-state index contributed by atoms with van der Waals surface area (Å²) in [7, 11) is 0. The number of ether oxygens (including phenoxy) is 1. The summed E-state index contributed by atoms with van der Waals surface area (Å²) < 4.78 is 5.33. The normalized spacial score (nSPS) is 11.2. The molecule has 2 aromatic carbocycles. The monoisotopic (exact) mass is 405 g/mol. The van der Waals surface area contributed by atoms with Gasteiger partial charge in [0, 0.05) is 23.0 Å². The Bertz CT molecular complexity index is 1050.